The van der Waals surface area contributed by atoms with Gasteiger partial charge >= 0.3 is 12.2 Å². The standard InChI is InChI=1S/C44H51ClN8O6/c1-24(2)35(49-43(56)59-6)41(54)52-19-8-10-34(52)40-48-36(38(45)50-40)27-13-11-26(12-14-27)28-15-16-30-22-31(18-17-29(30)21-28)32-23-46-39(47-32)33-9-7-20-53(33)42(55)37(25(3)4)51(5)44(57)58/h11-18,21-25,33-35,37H,7-10,19-20H2,1-6H3,(H,46,47)(H,48,50)(H,49,56)(H,57,58)/t33-,34?,35-,37-/m0/s1. The number of imidazole rings is 2. The molecule has 0 spiro atoms. The topological polar surface area (TPSA) is 177 Å². The highest BCUT2D eigenvalue weighted by Gasteiger charge is 2.40. The van der Waals surface area contributed by atoms with E-state index in [1.165, 1.54) is 14.2 Å². The van der Waals surface area contributed by atoms with Gasteiger partial charge in [0, 0.05) is 37.5 Å². The minimum Gasteiger partial charge on any atom is -0.465 e. The molecule has 14 nitrogen and oxygen atoms in total. The van der Waals surface area contributed by atoms with Crippen molar-refractivity contribution in [3.63, 3.8) is 0 Å². The molecule has 2 saturated heterocycles. The van der Waals surface area contributed by atoms with Crippen molar-refractivity contribution in [2.24, 2.45) is 11.8 Å². The Bertz CT molecular complexity index is 2360. The highest BCUT2D eigenvalue weighted by Crippen LogP contribution is 2.37. The third-order valence-electron chi connectivity index (χ3n) is 11.6. The highest BCUT2D eigenvalue weighted by atomic mass is 35.5. The lowest BCUT2D eigenvalue weighted by atomic mass is 9.98. The molecule has 4 heterocycles. The molecule has 4 atom stereocenters. The van der Waals surface area contributed by atoms with Gasteiger partial charge in [-0.2, -0.15) is 0 Å². The van der Waals surface area contributed by atoms with E-state index in [9.17, 15) is 24.3 Å². The number of nitrogens with zero attached hydrogens (tertiary/aromatic N) is 5. The summed E-state index contributed by atoms with van der Waals surface area (Å²) in [6.07, 6.45) is 3.18. The summed E-state index contributed by atoms with van der Waals surface area (Å²) in [6, 6.07) is 18.6. The molecule has 0 saturated carbocycles. The first-order chi connectivity index (χ1) is 28.2. The predicted molar refractivity (Wildman–Crippen MR) is 226 cm³/mol. The first kappa shape index (κ1) is 41.3. The molecule has 0 aliphatic carbocycles. The molecule has 59 heavy (non-hydrogen) atoms. The molecule has 1 unspecified atom stereocenters. The number of hydrogen-bond acceptors (Lipinski definition) is 7. The molecule has 310 valence electrons. The van der Waals surface area contributed by atoms with Crippen molar-refractivity contribution in [1.82, 2.24) is 40.0 Å². The van der Waals surface area contributed by atoms with Gasteiger partial charge in [0.1, 0.15) is 23.7 Å². The summed E-state index contributed by atoms with van der Waals surface area (Å²) in [5.74, 6) is 0.606. The van der Waals surface area contributed by atoms with E-state index in [0.29, 0.717) is 35.6 Å². The first-order valence-corrected chi connectivity index (χ1v) is 20.5. The number of aromatic nitrogens is 4. The number of carboxylic acid groups (broad SMARTS) is 1. The number of hydrogen-bond donors (Lipinski definition) is 4. The molecule has 2 aromatic heterocycles. The summed E-state index contributed by atoms with van der Waals surface area (Å²) in [7, 11) is 2.73. The highest BCUT2D eigenvalue weighted by molar-refractivity contribution is 6.32. The number of fused-ring (bicyclic) bond motifs is 1. The van der Waals surface area contributed by atoms with Gasteiger partial charge in [-0.15, -0.1) is 0 Å². The average molecular weight is 823 g/mol. The van der Waals surface area contributed by atoms with E-state index >= 15 is 0 Å². The lowest BCUT2D eigenvalue weighted by Gasteiger charge is -2.33. The van der Waals surface area contributed by atoms with Gasteiger partial charge in [-0.3, -0.25) is 14.5 Å². The minimum atomic E-state index is -1.13. The van der Waals surface area contributed by atoms with Gasteiger partial charge in [-0.05, 0) is 71.6 Å². The number of carbonyl (C=O) groups is 4. The smallest absolute Gasteiger partial charge is 0.407 e. The maximum absolute atomic E-state index is 13.6. The van der Waals surface area contributed by atoms with Crippen LogP contribution < -0.4 is 5.32 Å². The van der Waals surface area contributed by atoms with Gasteiger partial charge in [-0.25, -0.2) is 19.6 Å². The Hall–Kier alpha value is -5.89. The number of H-pyrrole nitrogens is 2. The number of ether oxygens (including phenoxy) is 1. The third-order valence-corrected chi connectivity index (χ3v) is 11.9. The quantitative estimate of drug-likeness (QED) is 0.103. The van der Waals surface area contributed by atoms with Crippen molar-refractivity contribution >= 4 is 46.4 Å². The van der Waals surface area contributed by atoms with Crippen molar-refractivity contribution < 1.29 is 29.0 Å². The monoisotopic (exact) mass is 822 g/mol. The van der Waals surface area contributed by atoms with Gasteiger partial charge in [-0.1, -0.05) is 87.8 Å². The van der Waals surface area contributed by atoms with Gasteiger partial charge < -0.3 is 34.9 Å². The Morgan fingerprint density at radius 3 is 2.00 bits per heavy atom. The van der Waals surface area contributed by atoms with Crippen molar-refractivity contribution in [3.05, 3.63) is 83.7 Å². The average Bonchev–Trinajstić information content (AvgIpc) is 4.06. The van der Waals surface area contributed by atoms with E-state index in [4.69, 9.17) is 21.3 Å². The molecule has 4 N–H and O–H groups in total. The van der Waals surface area contributed by atoms with E-state index in [-0.39, 0.29) is 35.7 Å². The summed E-state index contributed by atoms with van der Waals surface area (Å²) in [5, 5.41) is 14.7. The second-order valence-electron chi connectivity index (χ2n) is 16.1. The van der Waals surface area contributed by atoms with E-state index in [2.05, 4.69) is 50.6 Å². The molecule has 15 heteroatoms. The molecule has 2 fully saturated rings. The molecular formula is C44H51ClN8O6. The fourth-order valence-electron chi connectivity index (χ4n) is 8.48. The zero-order chi connectivity index (χ0) is 42.1. The van der Waals surface area contributed by atoms with Crippen LogP contribution in [0.5, 0.6) is 0 Å². The summed E-state index contributed by atoms with van der Waals surface area (Å²) in [4.78, 5) is 71.9. The van der Waals surface area contributed by atoms with Crippen LogP contribution in [0.2, 0.25) is 5.15 Å². The normalized spacial score (nSPS) is 17.8. The van der Waals surface area contributed by atoms with E-state index in [1.54, 1.807) is 9.80 Å². The number of likely N-dealkylation sites (tertiary alicyclic amines) is 2. The van der Waals surface area contributed by atoms with Crippen LogP contribution in [0.1, 0.15) is 77.1 Å². The van der Waals surface area contributed by atoms with Gasteiger partial charge in [0.15, 0.2) is 5.15 Å². The summed E-state index contributed by atoms with van der Waals surface area (Å²) in [5.41, 5.74) is 5.33. The molecule has 4 amide bonds. The van der Waals surface area contributed by atoms with Crippen LogP contribution in [0.3, 0.4) is 0 Å². The Balaban J connectivity index is 1.05. The lowest BCUT2D eigenvalue weighted by molar-refractivity contribution is -0.138. The summed E-state index contributed by atoms with van der Waals surface area (Å²) < 4.78 is 4.76. The molecule has 0 bridgehead atoms. The largest absolute Gasteiger partial charge is 0.465 e. The van der Waals surface area contributed by atoms with Crippen molar-refractivity contribution in [1.29, 1.82) is 0 Å². The molecular weight excluding hydrogens is 772 g/mol. The fourth-order valence-corrected chi connectivity index (χ4v) is 8.73. The van der Waals surface area contributed by atoms with Crippen molar-refractivity contribution in [3.8, 4) is 33.6 Å². The number of carbonyl (C=O) groups excluding carboxylic acids is 3. The number of methoxy groups -OCH3 is 1. The number of aromatic amines is 2. The molecule has 7 rings (SSSR count). The molecule has 5 aromatic rings. The van der Waals surface area contributed by atoms with Crippen LogP contribution >= 0.6 is 11.6 Å². The number of halogens is 1. The number of alkyl carbamates (subject to hydrolysis) is 1. The van der Waals surface area contributed by atoms with Crippen molar-refractivity contribution in [2.75, 3.05) is 27.2 Å². The van der Waals surface area contributed by atoms with Gasteiger partial charge in [0.2, 0.25) is 11.8 Å². The SMILES string of the molecule is COC(=O)N[C@H](C(=O)N1CCCC1c1nc(Cl)c(-c2ccc(-c3ccc4cc(-c5c[nH]c([C@@H]6CCCN6C(=O)[C@H](C(C)C)N(C)C(=O)O)n5)ccc4c3)cc2)[nH]1)C(C)C. The fraction of sp³-hybridized carbons (Fsp3) is 0.409. The number of amides is 4. The molecule has 0 radical (unpaired) electrons. The summed E-state index contributed by atoms with van der Waals surface area (Å²) in [6.45, 7) is 8.59. The van der Waals surface area contributed by atoms with E-state index in [0.717, 1.165) is 69.3 Å². The van der Waals surface area contributed by atoms with Gasteiger partial charge in [0.25, 0.3) is 0 Å². The maximum Gasteiger partial charge on any atom is 0.407 e. The molecule has 3 aromatic carbocycles. The Kier molecular flexibility index (Phi) is 12.0. The Labute approximate surface area is 348 Å². The van der Waals surface area contributed by atoms with Crippen LogP contribution in [0.25, 0.3) is 44.4 Å². The molecule has 2 aliphatic heterocycles. The summed E-state index contributed by atoms with van der Waals surface area (Å²) >= 11 is 6.70. The van der Waals surface area contributed by atoms with Crippen LogP contribution in [-0.2, 0) is 14.3 Å². The zero-order valence-corrected chi connectivity index (χ0v) is 34.9. The Morgan fingerprint density at radius 2 is 1.39 bits per heavy atom. The maximum atomic E-state index is 13.6. The van der Waals surface area contributed by atoms with Crippen LogP contribution in [0, 0.1) is 11.8 Å². The Morgan fingerprint density at radius 1 is 0.814 bits per heavy atom. The minimum absolute atomic E-state index is 0.136. The van der Waals surface area contributed by atoms with Gasteiger partial charge in [0.05, 0.1) is 30.6 Å². The third kappa shape index (κ3) is 8.36. The predicted octanol–water partition coefficient (Wildman–Crippen LogP) is 8.28. The van der Waals surface area contributed by atoms with Crippen LogP contribution in [0.4, 0.5) is 9.59 Å². The zero-order valence-electron chi connectivity index (χ0n) is 34.2. The second-order valence-corrected chi connectivity index (χ2v) is 16.5. The van der Waals surface area contributed by atoms with Crippen LogP contribution in [0.15, 0.2) is 66.9 Å². The van der Waals surface area contributed by atoms with Crippen LogP contribution in [-0.4, -0.2) is 103 Å². The number of nitrogens with one attached hydrogen (secondary N) is 3. The lowest BCUT2D eigenvalue weighted by Crippen LogP contribution is -2.51. The first-order valence-electron chi connectivity index (χ1n) is 20.1. The second kappa shape index (κ2) is 17.1. The number of rotatable bonds is 11. The molecule has 2 aliphatic rings. The van der Waals surface area contributed by atoms with Crippen molar-refractivity contribution in [2.45, 2.75) is 77.5 Å². The van der Waals surface area contributed by atoms with E-state index < -0.39 is 24.3 Å². The number of benzene rings is 3. The van der Waals surface area contributed by atoms with E-state index in [1.807, 2.05) is 64.2 Å². The number of likely N-dealkylation sites (N-methyl/N-ethyl adjacent to an activating group) is 1.